The minimum atomic E-state index is -0.908. The lowest BCUT2D eigenvalue weighted by Crippen LogP contribution is -2.74. The number of likely N-dealkylation sites (tertiary alicyclic amines) is 1. The van der Waals surface area contributed by atoms with Crippen LogP contribution in [-0.2, 0) is 31.1 Å². The SMILES string of the molecule is Oc1ccc2c3c1O[C@H]1c4[nH]c5c6c(ccc5c4C[C@@]4(O)[C@@H](C2)N(CC2CC2)CCC314)CCCC6. The van der Waals surface area contributed by atoms with E-state index >= 15 is 0 Å². The number of fused-ring (bicyclic) bond motifs is 6. The molecule has 1 saturated heterocycles. The molecule has 4 atom stereocenters. The lowest BCUT2D eigenvalue weighted by molar-refractivity contribution is -0.173. The second-order valence-corrected chi connectivity index (χ2v) is 12.3. The van der Waals surface area contributed by atoms with Crippen LogP contribution in [0.1, 0.15) is 71.7 Å². The number of hydrogen-bond acceptors (Lipinski definition) is 4. The monoisotopic (exact) mass is 468 g/mol. The van der Waals surface area contributed by atoms with Crippen molar-refractivity contribution in [3.8, 4) is 11.5 Å². The predicted molar refractivity (Wildman–Crippen MR) is 133 cm³/mol. The minimum Gasteiger partial charge on any atom is -0.504 e. The number of aromatic nitrogens is 1. The Morgan fingerprint density at radius 1 is 1.06 bits per heavy atom. The minimum absolute atomic E-state index is 0.0849. The van der Waals surface area contributed by atoms with Gasteiger partial charge in [0.15, 0.2) is 17.6 Å². The molecule has 2 fully saturated rings. The molecule has 6 aliphatic rings. The van der Waals surface area contributed by atoms with Gasteiger partial charge in [-0.2, -0.15) is 0 Å². The van der Waals surface area contributed by atoms with Gasteiger partial charge < -0.3 is 19.9 Å². The van der Waals surface area contributed by atoms with E-state index in [2.05, 4.69) is 28.1 Å². The molecule has 2 aliphatic heterocycles. The van der Waals surface area contributed by atoms with Gasteiger partial charge in [-0.3, -0.25) is 4.90 Å². The maximum atomic E-state index is 13.0. The molecule has 4 aliphatic carbocycles. The van der Waals surface area contributed by atoms with Crippen molar-refractivity contribution in [3.05, 3.63) is 57.8 Å². The normalized spacial score (nSPS) is 34.3. The van der Waals surface area contributed by atoms with Crippen LogP contribution in [0.25, 0.3) is 10.9 Å². The van der Waals surface area contributed by atoms with Crippen LogP contribution in [0.15, 0.2) is 24.3 Å². The van der Waals surface area contributed by atoms with Crippen molar-refractivity contribution in [3.63, 3.8) is 0 Å². The van der Waals surface area contributed by atoms with Gasteiger partial charge in [-0.05, 0) is 92.1 Å². The summed E-state index contributed by atoms with van der Waals surface area (Å²) in [6.07, 6.45) is 9.51. The number of phenols is 1. The molecule has 5 nitrogen and oxygen atoms in total. The molecule has 0 amide bonds. The van der Waals surface area contributed by atoms with E-state index in [1.165, 1.54) is 58.8 Å². The van der Waals surface area contributed by atoms with E-state index in [0.29, 0.717) is 12.2 Å². The first-order valence-electron chi connectivity index (χ1n) is 13.7. The van der Waals surface area contributed by atoms with Gasteiger partial charge in [0.25, 0.3) is 0 Å². The first-order valence-corrected chi connectivity index (χ1v) is 13.7. The van der Waals surface area contributed by atoms with Crippen LogP contribution >= 0.6 is 0 Å². The number of aryl methyl sites for hydroxylation is 2. The van der Waals surface area contributed by atoms with Gasteiger partial charge >= 0.3 is 0 Å². The van der Waals surface area contributed by atoms with E-state index in [-0.39, 0.29) is 17.9 Å². The van der Waals surface area contributed by atoms with Crippen molar-refractivity contribution in [2.24, 2.45) is 5.92 Å². The second kappa shape index (κ2) is 6.24. The van der Waals surface area contributed by atoms with Crippen molar-refractivity contribution in [1.82, 2.24) is 9.88 Å². The van der Waals surface area contributed by atoms with Gasteiger partial charge in [0.05, 0.1) is 16.7 Å². The number of nitrogens with one attached hydrogen (secondary N) is 1. The van der Waals surface area contributed by atoms with E-state index in [0.717, 1.165) is 55.9 Å². The maximum absolute atomic E-state index is 13.0. The zero-order chi connectivity index (χ0) is 23.1. The first-order chi connectivity index (χ1) is 17.1. The summed E-state index contributed by atoms with van der Waals surface area (Å²) in [5.41, 5.74) is 7.52. The Kier molecular flexibility index (Phi) is 3.51. The smallest absolute Gasteiger partial charge is 0.166 e. The highest BCUT2D eigenvalue weighted by Crippen LogP contribution is 2.69. The molecule has 1 unspecified atom stereocenters. The van der Waals surface area contributed by atoms with Crippen molar-refractivity contribution in [2.75, 3.05) is 13.1 Å². The van der Waals surface area contributed by atoms with Gasteiger partial charge in [-0.25, -0.2) is 0 Å². The summed E-state index contributed by atoms with van der Waals surface area (Å²) in [7, 11) is 0. The van der Waals surface area contributed by atoms with Crippen LogP contribution in [0.3, 0.4) is 0 Å². The summed E-state index contributed by atoms with van der Waals surface area (Å²) >= 11 is 0. The van der Waals surface area contributed by atoms with Crippen LogP contribution in [-0.4, -0.2) is 44.8 Å². The number of ether oxygens (including phenoxy) is 1. The van der Waals surface area contributed by atoms with Gasteiger partial charge in [0.2, 0.25) is 0 Å². The van der Waals surface area contributed by atoms with Crippen molar-refractivity contribution < 1.29 is 14.9 Å². The number of H-pyrrole nitrogens is 1. The van der Waals surface area contributed by atoms with Crippen LogP contribution in [0.5, 0.6) is 11.5 Å². The van der Waals surface area contributed by atoms with Gasteiger partial charge in [0, 0.05) is 35.5 Å². The summed E-state index contributed by atoms with van der Waals surface area (Å²) < 4.78 is 6.74. The molecule has 3 N–H and O–H groups in total. The summed E-state index contributed by atoms with van der Waals surface area (Å²) in [5, 5.41) is 25.1. The van der Waals surface area contributed by atoms with Crippen LogP contribution < -0.4 is 4.74 Å². The average Bonchev–Trinajstić information content (AvgIpc) is 3.49. The van der Waals surface area contributed by atoms with Crippen molar-refractivity contribution in [2.45, 2.75) is 80.9 Å². The third-order valence-electron chi connectivity index (χ3n) is 10.7. The second-order valence-electron chi connectivity index (χ2n) is 12.3. The molecule has 180 valence electrons. The van der Waals surface area contributed by atoms with Crippen molar-refractivity contribution >= 4 is 10.9 Å². The van der Waals surface area contributed by atoms with E-state index in [4.69, 9.17) is 4.74 Å². The van der Waals surface area contributed by atoms with E-state index in [1.807, 2.05) is 0 Å². The topological polar surface area (TPSA) is 68.7 Å². The molecule has 9 rings (SSSR count). The van der Waals surface area contributed by atoms with Gasteiger partial charge in [-0.1, -0.05) is 18.2 Å². The number of aliphatic hydroxyl groups is 1. The Bertz CT molecular complexity index is 1440. The molecule has 3 heterocycles. The first kappa shape index (κ1) is 19.7. The number of piperidine rings is 1. The molecule has 1 saturated carbocycles. The van der Waals surface area contributed by atoms with Gasteiger partial charge in [0.1, 0.15) is 0 Å². The molecule has 3 aromatic rings. The number of benzene rings is 2. The summed E-state index contributed by atoms with van der Waals surface area (Å²) in [6.45, 7) is 2.09. The molecule has 2 aromatic carbocycles. The summed E-state index contributed by atoms with van der Waals surface area (Å²) in [4.78, 5) is 6.48. The Labute approximate surface area is 205 Å². The summed E-state index contributed by atoms with van der Waals surface area (Å²) in [5.74, 6) is 1.62. The summed E-state index contributed by atoms with van der Waals surface area (Å²) in [6, 6.07) is 8.60. The molecule has 0 radical (unpaired) electrons. The predicted octanol–water partition coefficient (Wildman–Crippen LogP) is 4.45. The molecule has 1 spiro atoms. The highest BCUT2D eigenvalue weighted by Gasteiger charge is 2.72. The van der Waals surface area contributed by atoms with Crippen LogP contribution in [0.2, 0.25) is 0 Å². The van der Waals surface area contributed by atoms with Crippen LogP contribution in [0, 0.1) is 5.92 Å². The fourth-order valence-corrected chi connectivity index (χ4v) is 8.93. The number of aromatic amines is 1. The van der Waals surface area contributed by atoms with Crippen LogP contribution in [0.4, 0.5) is 0 Å². The number of hydrogen-bond donors (Lipinski definition) is 3. The number of phenolic OH excluding ortho intramolecular Hbond substituents is 1. The quantitative estimate of drug-likeness (QED) is 0.520. The Hall–Kier alpha value is -2.50. The van der Waals surface area contributed by atoms with E-state index in [9.17, 15) is 10.2 Å². The van der Waals surface area contributed by atoms with Gasteiger partial charge in [-0.15, -0.1) is 0 Å². The third-order valence-corrected chi connectivity index (χ3v) is 10.7. The standard InChI is InChI=1S/C30H32N2O3/c33-22-10-8-18-13-23-30(34)14-21-20-9-7-17-3-1-2-4-19(17)25(20)31-26(21)28-29(30,24(18)27(22)35-28)11-12-32(23)15-16-5-6-16/h7-10,16,23,28,31,33-34H,1-6,11-15H2/t23-,28+,29?,30-/m1/s1. The highest BCUT2D eigenvalue weighted by molar-refractivity contribution is 5.90. The lowest BCUT2D eigenvalue weighted by Gasteiger charge is -2.62. The molecule has 2 bridgehead atoms. The maximum Gasteiger partial charge on any atom is 0.166 e. The Morgan fingerprint density at radius 2 is 1.91 bits per heavy atom. The molecule has 35 heavy (non-hydrogen) atoms. The average molecular weight is 469 g/mol. The highest BCUT2D eigenvalue weighted by atomic mass is 16.5. The number of nitrogens with zero attached hydrogens (tertiary/aromatic N) is 1. The zero-order valence-electron chi connectivity index (χ0n) is 20.1. The third kappa shape index (κ3) is 2.20. The fraction of sp³-hybridized carbons (Fsp3) is 0.533. The van der Waals surface area contributed by atoms with Crippen molar-refractivity contribution in [1.29, 1.82) is 0 Å². The molecular formula is C30H32N2O3. The molecule has 1 aromatic heterocycles. The number of rotatable bonds is 2. The number of aromatic hydroxyl groups is 1. The fourth-order valence-electron chi connectivity index (χ4n) is 8.93. The zero-order valence-corrected chi connectivity index (χ0v) is 20.1. The van der Waals surface area contributed by atoms with E-state index < -0.39 is 11.0 Å². The Balaban J connectivity index is 1.32. The molecule has 5 heteroatoms. The lowest BCUT2D eigenvalue weighted by atomic mass is 9.49. The van der Waals surface area contributed by atoms with E-state index in [1.54, 1.807) is 6.07 Å². The Morgan fingerprint density at radius 3 is 2.80 bits per heavy atom. The molecular weight excluding hydrogens is 436 g/mol. The largest absolute Gasteiger partial charge is 0.504 e.